The van der Waals surface area contributed by atoms with Gasteiger partial charge in [-0.3, -0.25) is 4.79 Å². The standard InChI is InChI=1S/C10H21NO2S/c1-9(3-4-10(12)13)5-6-11-7-8-14-2/h9,11H,3-8H2,1-2H3,(H,12,13). The molecule has 0 aromatic carbocycles. The van der Waals surface area contributed by atoms with E-state index >= 15 is 0 Å². The van der Waals surface area contributed by atoms with Crippen molar-refractivity contribution in [3.05, 3.63) is 0 Å². The lowest BCUT2D eigenvalue weighted by atomic mass is 10.0. The van der Waals surface area contributed by atoms with Gasteiger partial charge in [-0.05, 0) is 31.6 Å². The second kappa shape index (κ2) is 9.34. The number of hydrogen-bond donors (Lipinski definition) is 2. The maximum Gasteiger partial charge on any atom is 0.303 e. The fraction of sp³-hybridized carbons (Fsp3) is 0.900. The van der Waals surface area contributed by atoms with Crippen molar-refractivity contribution in [2.24, 2.45) is 5.92 Å². The summed E-state index contributed by atoms with van der Waals surface area (Å²) in [5.74, 6) is 0.962. The van der Waals surface area contributed by atoms with Gasteiger partial charge in [0.25, 0.3) is 0 Å². The minimum atomic E-state index is -0.688. The van der Waals surface area contributed by atoms with Crippen LogP contribution in [-0.2, 0) is 4.79 Å². The minimum absolute atomic E-state index is 0.298. The number of thioether (sulfide) groups is 1. The van der Waals surface area contributed by atoms with E-state index in [-0.39, 0.29) is 0 Å². The Balaban J connectivity index is 3.18. The van der Waals surface area contributed by atoms with Crippen LogP contribution >= 0.6 is 11.8 Å². The summed E-state index contributed by atoms with van der Waals surface area (Å²) in [7, 11) is 0. The first kappa shape index (κ1) is 13.8. The molecule has 0 bridgehead atoms. The van der Waals surface area contributed by atoms with E-state index in [0.717, 1.165) is 31.7 Å². The molecule has 0 aliphatic heterocycles. The molecule has 1 atom stereocenters. The number of nitrogens with one attached hydrogen (secondary N) is 1. The molecule has 0 saturated heterocycles. The molecule has 0 aromatic rings. The number of hydrogen-bond acceptors (Lipinski definition) is 3. The van der Waals surface area contributed by atoms with Gasteiger partial charge in [0.15, 0.2) is 0 Å². The molecule has 0 aromatic heterocycles. The predicted molar refractivity (Wildman–Crippen MR) is 61.9 cm³/mol. The maximum atomic E-state index is 10.3. The van der Waals surface area contributed by atoms with E-state index in [9.17, 15) is 4.79 Å². The van der Waals surface area contributed by atoms with Crippen LogP contribution in [0.5, 0.6) is 0 Å². The normalized spacial score (nSPS) is 12.7. The molecular weight excluding hydrogens is 198 g/mol. The van der Waals surface area contributed by atoms with Gasteiger partial charge in [0.2, 0.25) is 0 Å². The van der Waals surface area contributed by atoms with E-state index in [0.29, 0.717) is 12.3 Å². The summed E-state index contributed by atoms with van der Waals surface area (Å²) in [6, 6.07) is 0. The highest BCUT2D eigenvalue weighted by atomic mass is 32.2. The fourth-order valence-electron chi connectivity index (χ4n) is 1.16. The van der Waals surface area contributed by atoms with Gasteiger partial charge in [-0.2, -0.15) is 11.8 Å². The largest absolute Gasteiger partial charge is 0.481 e. The van der Waals surface area contributed by atoms with E-state index in [1.54, 1.807) is 0 Å². The first-order chi connectivity index (χ1) is 6.66. The van der Waals surface area contributed by atoms with Crippen molar-refractivity contribution in [2.45, 2.75) is 26.2 Å². The number of rotatable bonds is 9. The Kier molecular flexibility index (Phi) is 9.19. The first-order valence-corrected chi connectivity index (χ1v) is 6.47. The van der Waals surface area contributed by atoms with Gasteiger partial charge in [-0.1, -0.05) is 6.92 Å². The summed E-state index contributed by atoms with van der Waals surface area (Å²) in [6.45, 7) is 4.16. The lowest BCUT2D eigenvalue weighted by Gasteiger charge is -2.10. The zero-order valence-electron chi connectivity index (χ0n) is 9.08. The average Bonchev–Trinajstić information content (AvgIpc) is 2.14. The van der Waals surface area contributed by atoms with Gasteiger partial charge in [0, 0.05) is 18.7 Å². The second-order valence-corrected chi connectivity index (χ2v) is 4.55. The number of aliphatic carboxylic acids is 1. The highest BCUT2D eigenvalue weighted by molar-refractivity contribution is 7.98. The molecule has 0 aliphatic rings. The van der Waals surface area contributed by atoms with Crippen LogP contribution in [0, 0.1) is 5.92 Å². The third-order valence-electron chi connectivity index (χ3n) is 2.15. The highest BCUT2D eigenvalue weighted by Crippen LogP contribution is 2.08. The topological polar surface area (TPSA) is 49.3 Å². The molecule has 2 N–H and O–H groups in total. The molecule has 0 rings (SSSR count). The van der Waals surface area contributed by atoms with Crippen molar-refractivity contribution < 1.29 is 9.90 Å². The molecule has 3 nitrogen and oxygen atoms in total. The molecule has 0 heterocycles. The summed E-state index contributed by atoms with van der Waals surface area (Å²) >= 11 is 1.83. The third-order valence-corrected chi connectivity index (χ3v) is 2.76. The first-order valence-electron chi connectivity index (χ1n) is 5.08. The smallest absolute Gasteiger partial charge is 0.303 e. The van der Waals surface area contributed by atoms with Crippen LogP contribution in [-0.4, -0.2) is 36.2 Å². The summed E-state index contributed by atoms with van der Waals surface area (Å²) < 4.78 is 0. The van der Waals surface area contributed by atoms with Crippen LogP contribution in [0.15, 0.2) is 0 Å². The van der Waals surface area contributed by atoms with Gasteiger partial charge in [0.05, 0.1) is 0 Å². The fourth-order valence-corrected chi connectivity index (χ4v) is 1.51. The molecule has 0 radical (unpaired) electrons. The van der Waals surface area contributed by atoms with Crippen molar-refractivity contribution in [1.82, 2.24) is 5.32 Å². The van der Waals surface area contributed by atoms with Gasteiger partial charge in [-0.15, -0.1) is 0 Å². The Labute approximate surface area is 90.7 Å². The van der Waals surface area contributed by atoms with Crippen LogP contribution in [0.25, 0.3) is 0 Å². The van der Waals surface area contributed by atoms with Crippen LogP contribution in [0.2, 0.25) is 0 Å². The average molecular weight is 219 g/mol. The molecule has 0 amide bonds. The Morgan fingerprint density at radius 2 is 2.14 bits per heavy atom. The zero-order chi connectivity index (χ0) is 10.8. The van der Waals surface area contributed by atoms with Crippen LogP contribution in [0.1, 0.15) is 26.2 Å². The summed E-state index contributed by atoms with van der Waals surface area (Å²) in [5.41, 5.74) is 0. The quantitative estimate of drug-likeness (QED) is 0.581. The molecule has 84 valence electrons. The molecule has 0 fully saturated rings. The third kappa shape index (κ3) is 9.86. The van der Waals surface area contributed by atoms with Crippen LogP contribution in [0.3, 0.4) is 0 Å². The Hall–Kier alpha value is -0.220. The van der Waals surface area contributed by atoms with E-state index < -0.39 is 5.97 Å². The molecule has 0 aliphatic carbocycles. The summed E-state index contributed by atoms with van der Waals surface area (Å²) in [5, 5.41) is 11.8. The summed E-state index contributed by atoms with van der Waals surface area (Å²) in [4.78, 5) is 10.3. The van der Waals surface area contributed by atoms with E-state index in [4.69, 9.17) is 5.11 Å². The van der Waals surface area contributed by atoms with Crippen molar-refractivity contribution in [2.75, 3.05) is 25.1 Å². The van der Waals surface area contributed by atoms with Gasteiger partial charge in [0.1, 0.15) is 0 Å². The van der Waals surface area contributed by atoms with E-state index in [1.807, 2.05) is 11.8 Å². The van der Waals surface area contributed by atoms with Crippen molar-refractivity contribution in [3.8, 4) is 0 Å². The van der Waals surface area contributed by atoms with Crippen molar-refractivity contribution >= 4 is 17.7 Å². The second-order valence-electron chi connectivity index (χ2n) is 3.57. The molecule has 0 spiro atoms. The summed E-state index contributed by atoms with van der Waals surface area (Å²) in [6.07, 6.45) is 4.25. The van der Waals surface area contributed by atoms with Crippen molar-refractivity contribution in [1.29, 1.82) is 0 Å². The molecule has 0 saturated carbocycles. The minimum Gasteiger partial charge on any atom is -0.481 e. The SMILES string of the molecule is CSCCNCCC(C)CCC(=O)O. The molecule has 1 unspecified atom stereocenters. The highest BCUT2D eigenvalue weighted by Gasteiger charge is 2.04. The van der Waals surface area contributed by atoms with Gasteiger partial charge < -0.3 is 10.4 Å². The molecule has 14 heavy (non-hydrogen) atoms. The molecular formula is C10H21NO2S. The van der Waals surface area contributed by atoms with Crippen LogP contribution in [0.4, 0.5) is 0 Å². The Morgan fingerprint density at radius 1 is 1.43 bits per heavy atom. The number of carboxylic acids is 1. The molecule has 4 heteroatoms. The van der Waals surface area contributed by atoms with Gasteiger partial charge >= 0.3 is 5.97 Å². The predicted octanol–water partition coefficient (Wildman–Crippen LogP) is 1.83. The Bertz CT molecular complexity index is 153. The maximum absolute atomic E-state index is 10.3. The number of carboxylic acid groups (broad SMARTS) is 1. The van der Waals surface area contributed by atoms with Crippen molar-refractivity contribution in [3.63, 3.8) is 0 Å². The monoisotopic (exact) mass is 219 g/mol. The number of carbonyl (C=O) groups is 1. The Morgan fingerprint density at radius 3 is 2.71 bits per heavy atom. The lowest BCUT2D eigenvalue weighted by molar-refractivity contribution is -0.137. The zero-order valence-corrected chi connectivity index (χ0v) is 9.90. The van der Waals surface area contributed by atoms with Gasteiger partial charge in [-0.25, -0.2) is 0 Å². The van der Waals surface area contributed by atoms with Crippen LogP contribution < -0.4 is 5.32 Å². The van der Waals surface area contributed by atoms with E-state index in [2.05, 4.69) is 18.5 Å². The van der Waals surface area contributed by atoms with E-state index in [1.165, 1.54) is 0 Å². The lowest BCUT2D eigenvalue weighted by Crippen LogP contribution is -2.20.